The van der Waals surface area contributed by atoms with Crippen LogP contribution in [-0.4, -0.2) is 23.5 Å². The number of hydrogen-bond acceptors (Lipinski definition) is 3. The summed E-state index contributed by atoms with van der Waals surface area (Å²) in [5, 5.41) is 8.28. The van der Waals surface area contributed by atoms with E-state index >= 15 is 0 Å². The van der Waals surface area contributed by atoms with Crippen molar-refractivity contribution in [2.75, 3.05) is 0 Å². The first-order valence-electron chi connectivity index (χ1n) is 3.92. The molecule has 1 N–H and O–H groups in total. The summed E-state index contributed by atoms with van der Waals surface area (Å²) < 4.78 is 29.3. The van der Waals surface area contributed by atoms with Crippen molar-refractivity contribution < 1.29 is 28.2 Å². The van der Waals surface area contributed by atoms with Crippen molar-refractivity contribution in [1.82, 2.24) is 0 Å². The van der Waals surface area contributed by atoms with E-state index in [4.69, 9.17) is 16.7 Å². The molecule has 0 aliphatic carbocycles. The molecule has 4 nitrogen and oxygen atoms in total. The van der Waals surface area contributed by atoms with Gasteiger partial charge in [0.2, 0.25) is 0 Å². The number of carboxylic acid groups (broad SMARTS) is 1. The second-order valence-corrected chi connectivity index (χ2v) is 3.16. The topological polar surface area (TPSA) is 63.6 Å². The third-order valence-electron chi connectivity index (χ3n) is 1.59. The van der Waals surface area contributed by atoms with Crippen LogP contribution in [0.15, 0.2) is 18.2 Å². The molecule has 7 heteroatoms. The zero-order valence-electron chi connectivity index (χ0n) is 7.62. The van der Waals surface area contributed by atoms with Crippen LogP contribution in [0.5, 0.6) is 5.75 Å². The lowest BCUT2D eigenvalue weighted by Gasteiger charge is -2.14. The first-order chi connectivity index (χ1) is 7.36. The van der Waals surface area contributed by atoms with Crippen LogP contribution in [0, 0.1) is 0 Å². The Morgan fingerprint density at radius 3 is 2.62 bits per heavy atom. The smallest absolute Gasteiger partial charge is 0.474 e. The average Bonchev–Trinajstić information content (AvgIpc) is 2.20. The van der Waals surface area contributed by atoms with Gasteiger partial charge in [0.05, 0.1) is 5.56 Å². The maximum absolute atomic E-state index is 12.7. The van der Waals surface area contributed by atoms with Gasteiger partial charge in [0.15, 0.2) is 6.29 Å². The van der Waals surface area contributed by atoms with Crippen LogP contribution in [0.25, 0.3) is 0 Å². The van der Waals surface area contributed by atoms with Crippen molar-refractivity contribution in [3.05, 3.63) is 28.8 Å². The lowest BCUT2D eigenvalue weighted by molar-refractivity contribution is -0.210. The predicted octanol–water partition coefficient (Wildman–Crippen LogP) is 2.21. The number of ether oxygens (including phenoxy) is 1. The number of rotatable bonds is 4. The van der Waals surface area contributed by atoms with Gasteiger partial charge >= 0.3 is 12.1 Å². The Morgan fingerprint density at radius 2 is 2.12 bits per heavy atom. The summed E-state index contributed by atoms with van der Waals surface area (Å²) in [5.74, 6) is -2.99. The van der Waals surface area contributed by atoms with Gasteiger partial charge in [-0.25, -0.2) is 4.79 Å². The molecule has 0 spiro atoms. The van der Waals surface area contributed by atoms with Crippen molar-refractivity contribution in [1.29, 1.82) is 0 Å². The fourth-order valence-corrected chi connectivity index (χ4v) is 1.07. The molecule has 0 atom stereocenters. The molecular formula is C9H5ClF2O4. The van der Waals surface area contributed by atoms with Gasteiger partial charge < -0.3 is 9.84 Å². The number of hydrogen-bond donors (Lipinski definition) is 1. The Bertz CT molecular complexity index is 434. The van der Waals surface area contributed by atoms with E-state index < -0.39 is 17.8 Å². The lowest BCUT2D eigenvalue weighted by Crippen LogP contribution is -2.35. The summed E-state index contributed by atoms with van der Waals surface area (Å²) in [4.78, 5) is 20.6. The average molecular weight is 251 g/mol. The second-order valence-electron chi connectivity index (χ2n) is 2.72. The highest BCUT2D eigenvalue weighted by Crippen LogP contribution is 2.27. The van der Waals surface area contributed by atoms with Gasteiger partial charge in [-0.15, -0.1) is 0 Å². The molecule has 0 bridgehead atoms. The molecule has 0 heterocycles. The van der Waals surface area contributed by atoms with Crippen LogP contribution < -0.4 is 4.74 Å². The highest BCUT2D eigenvalue weighted by molar-refractivity contribution is 6.30. The zero-order chi connectivity index (χ0) is 12.3. The largest absolute Gasteiger partial charge is 0.501 e. The fraction of sp³-hybridized carbons (Fsp3) is 0.111. The van der Waals surface area contributed by atoms with Gasteiger partial charge in [-0.3, -0.25) is 4.79 Å². The normalized spacial score (nSPS) is 10.9. The van der Waals surface area contributed by atoms with E-state index in [0.717, 1.165) is 12.1 Å². The number of carbonyl (C=O) groups excluding carboxylic acids is 1. The van der Waals surface area contributed by atoms with Crippen LogP contribution in [0.4, 0.5) is 8.78 Å². The van der Waals surface area contributed by atoms with Gasteiger partial charge in [0.1, 0.15) is 5.75 Å². The van der Waals surface area contributed by atoms with Crippen LogP contribution in [-0.2, 0) is 4.79 Å². The lowest BCUT2D eigenvalue weighted by atomic mass is 10.2. The molecule has 0 saturated heterocycles. The van der Waals surface area contributed by atoms with Crippen molar-refractivity contribution in [3.63, 3.8) is 0 Å². The Balaban J connectivity index is 3.06. The summed E-state index contributed by atoms with van der Waals surface area (Å²) in [7, 11) is 0. The predicted molar refractivity (Wildman–Crippen MR) is 50.1 cm³/mol. The van der Waals surface area contributed by atoms with Crippen LogP contribution in [0.1, 0.15) is 10.4 Å². The molecule has 1 rings (SSSR count). The minimum absolute atomic E-state index is 0.146. The SMILES string of the molecule is O=Cc1cc(Cl)ccc1OC(F)(F)C(=O)O. The van der Waals surface area contributed by atoms with E-state index in [9.17, 15) is 18.4 Å². The number of benzene rings is 1. The molecular weight excluding hydrogens is 246 g/mol. The number of alkyl halides is 2. The Kier molecular flexibility index (Phi) is 3.44. The number of carbonyl (C=O) groups is 2. The molecule has 0 unspecified atom stereocenters. The first kappa shape index (κ1) is 12.4. The minimum atomic E-state index is -4.40. The van der Waals surface area contributed by atoms with Gasteiger partial charge in [-0.2, -0.15) is 8.78 Å². The third kappa shape index (κ3) is 2.66. The number of aldehydes is 1. The number of halogens is 3. The van der Waals surface area contributed by atoms with Crippen molar-refractivity contribution in [2.45, 2.75) is 6.11 Å². The quantitative estimate of drug-likeness (QED) is 0.832. The van der Waals surface area contributed by atoms with Gasteiger partial charge in [0, 0.05) is 5.02 Å². The maximum atomic E-state index is 12.7. The van der Waals surface area contributed by atoms with Gasteiger partial charge in [-0.1, -0.05) is 11.6 Å². The van der Waals surface area contributed by atoms with Crippen LogP contribution >= 0.6 is 11.6 Å². The summed E-state index contributed by atoms with van der Waals surface area (Å²) in [6.07, 6.45) is -4.16. The second kappa shape index (κ2) is 4.44. The highest BCUT2D eigenvalue weighted by atomic mass is 35.5. The van der Waals surface area contributed by atoms with Crippen LogP contribution in [0.2, 0.25) is 5.02 Å². The fourth-order valence-electron chi connectivity index (χ4n) is 0.886. The van der Waals surface area contributed by atoms with Gasteiger partial charge in [0.25, 0.3) is 0 Å². The minimum Gasteiger partial charge on any atom is -0.474 e. The first-order valence-corrected chi connectivity index (χ1v) is 4.29. The molecule has 0 amide bonds. The number of carboxylic acids is 1. The zero-order valence-corrected chi connectivity index (χ0v) is 8.37. The molecule has 0 saturated carbocycles. The van der Waals surface area contributed by atoms with Crippen molar-refractivity contribution >= 4 is 23.9 Å². The Morgan fingerprint density at radius 1 is 1.50 bits per heavy atom. The summed E-state index contributed by atoms with van der Waals surface area (Å²) in [5.41, 5.74) is -0.256. The molecule has 1 aromatic rings. The van der Waals surface area contributed by atoms with E-state index in [-0.39, 0.29) is 16.9 Å². The van der Waals surface area contributed by atoms with Gasteiger partial charge in [-0.05, 0) is 18.2 Å². The monoisotopic (exact) mass is 250 g/mol. The molecule has 0 fully saturated rings. The summed E-state index contributed by atoms with van der Waals surface area (Å²) in [6.45, 7) is 0. The summed E-state index contributed by atoms with van der Waals surface area (Å²) in [6, 6.07) is 3.27. The van der Waals surface area contributed by atoms with Crippen molar-refractivity contribution in [2.24, 2.45) is 0 Å². The van der Waals surface area contributed by atoms with E-state index in [1.807, 2.05) is 0 Å². The molecule has 0 aliphatic heterocycles. The standard InChI is InChI=1S/C9H5ClF2O4/c10-6-1-2-7(5(3-6)4-13)16-9(11,12)8(14)15/h1-4H,(H,14,15). The van der Waals surface area contributed by atoms with E-state index in [1.165, 1.54) is 6.07 Å². The molecule has 1 aromatic carbocycles. The molecule has 0 radical (unpaired) electrons. The molecule has 0 aliphatic rings. The third-order valence-corrected chi connectivity index (χ3v) is 1.82. The Labute approximate surface area is 93.4 Å². The number of aliphatic carboxylic acids is 1. The van der Waals surface area contributed by atoms with E-state index in [2.05, 4.69) is 4.74 Å². The Hall–Kier alpha value is -1.69. The van der Waals surface area contributed by atoms with E-state index in [0.29, 0.717) is 0 Å². The van der Waals surface area contributed by atoms with Crippen LogP contribution in [0.3, 0.4) is 0 Å². The molecule has 0 aromatic heterocycles. The maximum Gasteiger partial charge on any atom is 0.501 e. The molecule has 86 valence electrons. The highest BCUT2D eigenvalue weighted by Gasteiger charge is 2.42. The summed E-state index contributed by atoms with van der Waals surface area (Å²) >= 11 is 5.51. The van der Waals surface area contributed by atoms with E-state index in [1.54, 1.807) is 0 Å². The van der Waals surface area contributed by atoms with Crippen molar-refractivity contribution in [3.8, 4) is 5.75 Å². The molecule has 16 heavy (non-hydrogen) atoms.